The molecule has 3 heterocycles. The molecule has 0 N–H and O–H groups in total. The van der Waals surface area contributed by atoms with Gasteiger partial charge < -0.3 is 19.6 Å². The van der Waals surface area contributed by atoms with Crippen LogP contribution in [0, 0.1) is 10.1 Å². The smallest absolute Gasteiger partial charge is 0.376 e. The van der Waals surface area contributed by atoms with Crippen LogP contribution in [0.25, 0.3) is 0 Å². The molecule has 1 aromatic heterocycles. The summed E-state index contributed by atoms with van der Waals surface area (Å²) in [4.78, 5) is 19.2. The summed E-state index contributed by atoms with van der Waals surface area (Å²) in [7, 11) is 0. The number of aromatic nitrogens is 1. The Balaban J connectivity index is 1.83. The van der Waals surface area contributed by atoms with E-state index in [4.69, 9.17) is 9.47 Å². The molecule has 0 radical (unpaired) electrons. The van der Waals surface area contributed by atoms with Crippen molar-refractivity contribution < 1.29 is 14.4 Å². The second-order valence-corrected chi connectivity index (χ2v) is 6.56. The van der Waals surface area contributed by atoms with Crippen LogP contribution in [0.3, 0.4) is 0 Å². The Morgan fingerprint density at radius 1 is 1.50 bits per heavy atom. The molecule has 1 aromatic rings. The highest BCUT2D eigenvalue weighted by Gasteiger charge is 2.59. The molecule has 7 heteroatoms. The number of hydrogen-bond donors (Lipinski definition) is 0. The van der Waals surface area contributed by atoms with Gasteiger partial charge in [-0.1, -0.05) is 0 Å². The molecule has 0 spiro atoms. The molecule has 3 aliphatic rings. The van der Waals surface area contributed by atoms with Gasteiger partial charge in [-0.2, -0.15) is 0 Å². The van der Waals surface area contributed by atoms with Crippen molar-refractivity contribution in [1.29, 1.82) is 0 Å². The summed E-state index contributed by atoms with van der Waals surface area (Å²) < 4.78 is 11.1. The lowest BCUT2D eigenvalue weighted by Gasteiger charge is -2.39. The minimum absolute atomic E-state index is 0.0590. The van der Waals surface area contributed by atoms with Gasteiger partial charge in [-0.05, 0) is 31.8 Å². The maximum atomic E-state index is 11.2. The second-order valence-electron chi connectivity index (χ2n) is 6.56. The molecule has 0 amide bonds. The number of pyridine rings is 1. The zero-order valence-electron chi connectivity index (χ0n) is 12.9. The number of ether oxygens (including phenoxy) is 2. The maximum Gasteiger partial charge on any atom is 0.376 e. The Hall–Kier alpha value is -2.02. The molecule has 0 unspecified atom stereocenters. The predicted octanol–water partition coefficient (Wildman–Crippen LogP) is 2.52. The molecule has 2 saturated heterocycles. The maximum absolute atomic E-state index is 11.2. The van der Waals surface area contributed by atoms with Gasteiger partial charge >= 0.3 is 11.7 Å². The SMILES string of the molecule is CC(C)Oc1ccc(/C=N/C23COC(C)(C2)C3)c([N+](=O)[O-])n1. The first-order chi connectivity index (χ1) is 10.3. The Morgan fingerprint density at radius 3 is 2.77 bits per heavy atom. The Morgan fingerprint density at radius 2 is 2.23 bits per heavy atom. The van der Waals surface area contributed by atoms with Gasteiger partial charge in [0.25, 0.3) is 0 Å². The normalized spacial score (nSPS) is 29.8. The molecular weight excluding hydrogens is 286 g/mol. The topological polar surface area (TPSA) is 86.8 Å². The van der Waals surface area contributed by atoms with Crippen LogP contribution >= 0.6 is 0 Å². The van der Waals surface area contributed by atoms with Crippen LogP contribution in [0.1, 0.15) is 39.2 Å². The van der Waals surface area contributed by atoms with Crippen molar-refractivity contribution in [3.8, 4) is 5.88 Å². The summed E-state index contributed by atoms with van der Waals surface area (Å²) >= 11 is 0. The summed E-state index contributed by atoms with van der Waals surface area (Å²) in [5.74, 6) is 0.0109. The fourth-order valence-corrected chi connectivity index (χ4v) is 3.18. The molecule has 118 valence electrons. The Labute approximate surface area is 128 Å². The third kappa shape index (κ3) is 2.68. The minimum atomic E-state index is -0.512. The lowest BCUT2D eigenvalue weighted by molar-refractivity contribution is -0.389. The van der Waals surface area contributed by atoms with E-state index in [1.807, 2.05) is 13.8 Å². The van der Waals surface area contributed by atoms with E-state index in [2.05, 4.69) is 16.9 Å². The van der Waals surface area contributed by atoms with E-state index < -0.39 is 4.92 Å². The van der Waals surface area contributed by atoms with Crippen LogP contribution in [0.5, 0.6) is 5.88 Å². The van der Waals surface area contributed by atoms with E-state index >= 15 is 0 Å². The van der Waals surface area contributed by atoms with E-state index in [-0.39, 0.29) is 28.9 Å². The number of nitrogens with zero attached hydrogens (tertiary/aromatic N) is 3. The number of rotatable bonds is 5. The highest BCUT2D eigenvalue weighted by Crippen LogP contribution is 2.53. The highest BCUT2D eigenvalue weighted by atomic mass is 16.6. The van der Waals surface area contributed by atoms with Crippen molar-refractivity contribution >= 4 is 12.0 Å². The van der Waals surface area contributed by atoms with Crippen molar-refractivity contribution in [2.24, 2.45) is 4.99 Å². The van der Waals surface area contributed by atoms with Crippen molar-refractivity contribution in [3.63, 3.8) is 0 Å². The molecule has 22 heavy (non-hydrogen) atoms. The number of hydrogen-bond acceptors (Lipinski definition) is 6. The third-order valence-electron chi connectivity index (χ3n) is 3.98. The zero-order valence-corrected chi connectivity index (χ0v) is 12.9. The molecular formula is C15H19N3O4. The molecule has 2 bridgehead atoms. The van der Waals surface area contributed by atoms with Crippen LogP contribution in [0.2, 0.25) is 0 Å². The monoisotopic (exact) mass is 305 g/mol. The molecule has 1 saturated carbocycles. The van der Waals surface area contributed by atoms with Gasteiger partial charge in [-0.25, -0.2) is 0 Å². The van der Waals surface area contributed by atoms with Crippen molar-refractivity contribution in [3.05, 3.63) is 27.8 Å². The van der Waals surface area contributed by atoms with E-state index in [1.54, 1.807) is 18.3 Å². The van der Waals surface area contributed by atoms with E-state index in [0.29, 0.717) is 12.2 Å². The first-order valence-electron chi connectivity index (χ1n) is 7.32. The quantitative estimate of drug-likeness (QED) is 0.474. The molecule has 7 nitrogen and oxygen atoms in total. The van der Waals surface area contributed by atoms with Crippen LogP contribution < -0.4 is 4.74 Å². The standard InChI is InChI=1S/C15H19N3O4/c1-10(2)22-12-5-4-11(13(17-12)18(19)20)6-16-15-7-14(3,8-15)21-9-15/h4-6,10H,7-9H2,1-3H3/b16-6+. The van der Waals surface area contributed by atoms with Gasteiger partial charge in [-0.3, -0.25) is 4.99 Å². The molecule has 3 fully saturated rings. The molecule has 2 aliphatic heterocycles. The summed E-state index contributed by atoms with van der Waals surface area (Å²) in [6.45, 7) is 6.33. The number of nitro groups is 1. The Kier molecular flexibility index (Phi) is 3.40. The average molecular weight is 305 g/mol. The van der Waals surface area contributed by atoms with Crippen molar-refractivity contribution in [1.82, 2.24) is 4.98 Å². The summed E-state index contributed by atoms with van der Waals surface area (Å²) in [5, 5.41) is 11.2. The second kappa shape index (κ2) is 5.01. The number of aliphatic imine (C=N–C) groups is 1. The molecule has 0 aromatic carbocycles. The van der Waals surface area contributed by atoms with Crippen LogP contribution in [0.15, 0.2) is 17.1 Å². The first kappa shape index (κ1) is 14.9. The van der Waals surface area contributed by atoms with Crippen molar-refractivity contribution in [2.45, 2.75) is 50.9 Å². The predicted molar refractivity (Wildman–Crippen MR) is 80.6 cm³/mol. The van der Waals surface area contributed by atoms with E-state index in [9.17, 15) is 10.1 Å². The summed E-state index contributed by atoms with van der Waals surface area (Å²) in [6, 6.07) is 3.25. The zero-order chi connectivity index (χ0) is 16.0. The van der Waals surface area contributed by atoms with Crippen molar-refractivity contribution in [2.75, 3.05) is 6.61 Å². The first-order valence-corrected chi connectivity index (χ1v) is 7.32. The van der Waals surface area contributed by atoms with Gasteiger partial charge in [0.05, 0.1) is 29.4 Å². The molecule has 1 aliphatic carbocycles. The lowest BCUT2D eigenvalue weighted by Crippen LogP contribution is -2.45. The Bertz CT molecular complexity index is 636. The van der Waals surface area contributed by atoms with Crippen LogP contribution in [-0.4, -0.2) is 40.0 Å². The highest BCUT2D eigenvalue weighted by molar-refractivity contribution is 5.84. The summed E-state index contributed by atoms with van der Waals surface area (Å²) in [6.07, 6.45) is 3.19. The van der Waals surface area contributed by atoms with Gasteiger partial charge in [0.15, 0.2) is 0 Å². The van der Waals surface area contributed by atoms with Gasteiger partial charge in [-0.15, -0.1) is 0 Å². The fraction of sp³-hybridized carbons (Fsp3) is 0.600. The number of fused-ring (bicyclic) bond motifs is 1. The largest absolute Gasteiger partial charge is 0.457 e. The van der Waals surface area contributed by atoms with Gasteiger partial charge in [0.1, 0.15) is 0 Å². The van der Waals surface area contributed by atoms with Gasteiger partial charge in [0.2, 0.25) is 0 Å². The third-order valence-corrected chi connectivity index (χ3v) is 3.98. The molecule has 4 rings (SSSR count). The van der Waals surface area contributed by atoms with Gasteiger partial charge in [0, 0.05) is 30.1 Å². The lowest BCUT2D eigenvalue weighted by atomic mass is 9.70. The summed E-state index contributed by atoms with van der Waals surface area (Å²) in [5.41, 5.74) is 0.114. The van der Waals surface area contributed by atoms with Crippen LogP contribution in [-0.2, 0) is 4.74 Å². The average Bonchev–Trinajstić information content (AvgIpc) is 2.90. The van der Waals surface area contributed by atoms with E-state index in [1.165, 1.54) is 0 Å². The molecule has 0 atom stereocenters. The minimum Gasteiger partial charge on any atom is -0.457 e. The van der Waals surface area contributed by atoms with E-state index in [0.717, 1.165) is 12.8 Å². The fourth-order valence-electron chi connectivity index (χ4n) is 3.18. The van der Waals surface area contributed by atoms with Crippen LogP contribution in [0.4, 0.5) is 5.82 Å².